The molecule has 0 saturated carbocycles. The second-order valence-electron chi connectivity index (χ2n) is 2.18. The molecule has 5 heteroatoms. The van der Waals surface area contributed by atoms with E-state index in [9.17, 15) is 4.79 Å². The Balaban J connectivity index is 0.00000121. The maximum absolute atomic E-state index is 10.5. The van der Waals surface area contributed by atoms with Crippen LogP contribution in [0.5, 0.6) is 0 Å². The van der Waals surface area contributed by atoms with Gasteiger partial charge in [-0.3, -0.25) is 0 Å². The lowest BCUT2D eigenvalue weighted by atomic mass is 10.4. The fourth-order valence-electron chi connectivity index (χ4n) is 0.802. The van der Waals surface area contributed by atoms with Gasteiger partial charge in [-0.05, 0) is 13.3 Å². The fraction of sp³-hybridized carbons (Fsp3) is 0.429. The average Bonchev–Trinajstić information content (AvgIpc) is 2.30. The van der Waals surface area contributed by atoms with E-state index in [-0.39, 0.29) is 12.4 Å². The SMILES string of the molecule is CCc1nc(C)c(C(=O)O)s1.Cl. The second kappa shape index (κ2) is 4.42. The first-order chi connectivity index (χ1) is 5.15. The zero-order valence-electron chi connectivity index (χ0n) is 6.83. The fourth-order valence-corrected chi connectivity index (χ4v) is 1.65. The van der Waals surface area contributed by atoms with Gasteiger partial charge in [0, 0.05) is 0 Å². The van der Waals surface area contributed by atoms with Crippen LogP contribution in [0.3, 0.4) is 0 Å². The van der Waals surface area contributed by atoms with E-state index < -0.39 is 5.97 Å². The first-order valence-corrected chi connectivity index (χ1v) is 4.16. The molecular weight excluding hydrogens is 198 g/mol. The van der Waals surface area contributed by atoms with Crippen molar-refractivity contribution < 1.29 is 9.90 Å². The van der Waals surface area contributed by atoms with Crippen molar-refractivity contribution in [3.8, 4) is 0 Å². The summed E-state index contributed by atoms with van der Waals surface area (Å²) in [6.45, 7) is 3.68. The Morgan fingerprint density at radius 1 is 1.67 bits per heavy atom. The molecule has 12 heavy (non-hydrogen) atoms. The van der Waals surface area contributed by atoms with Crippen LogP contribution < -0.4 is 0 Å². The van der Waals surface area contributed by atoms with E-state index in [1.54, 1.807) is 6.92 Å². The van der Waals surface area contributed by atoms with Gasteiger partial charge in [0.05, 0.1) is 10.7 Å². The maximum atomic E-state index is 10.5. The van der Waals surface area contributed by atoms with Crippen molar-refractivity contribution >= 4 is 29.7 Å². The number of hydrogen-bond donors (Lipinski definition) is 1. The summed E-state index contributed by atoms with van der Waals surface area (Å²) in [6.07, 6.45) is 0.804. The van der Waals surface area contributed by atoms with Crippen LogP contribution in [0.15, 0.2) is 0 Å². The maximum Gasteiger partial charge on any atom is 0.347 e. The number of carbonyl (C=O) groups is 1. The normalized spacial score (nSPS) is 9.17. The Kier molecular flexibility index (Phi) is 4.20. The lowest BCUT2D eigenvalue weighted by Crippen LogP contribution is -1.94. The number of aryl methyl sites for hydroxylation is 2. The third-order valence-corrected chi connectivity index (χ3v) is 2.63. The van der Waals surface area contributed by atoms with Crippen LogP contribution in [-0.4, -0.2) is 16.1 Å². The number of aromatic nitrogens is 1. The third-order valence-electron chi connectivity index (χ3n) is 1.34. The van der Waals surface area contributed by atoms with Crippen molar-refractivity contribution in [3.63, 3.8) is 0 Å². The molecule has 3 nitrogen and oxygen atoms in total. The second-order valence-corrected chi connectivity index (χ2v) is 3.26. The number of carboxylic acid groups (broad SMARTS) is 1. The monoisotopic (exact) mass is 207 g/mol. The van der Waals surface area contributed by atoms with E-state index in [4.69, 9.17) is 5.11 Å². The lowest BCUT2D eigenvalue weighted by molar-refractivity contribution is 0.0701. The summed E-state index contributed by atoms with van der Waals surface area (Å²) in [5, 5.41) is 9.53. The van der Waals surface area contributed by atoms with Gasteiger partial charge in [0.2, 0.25) is 0 Å². The molecule has 0 bridgehead atoms. The molecule has 0 spiro atoms. The van der Waals surface area contributed by atoms with E-state index in [0.29, 0.717) is 10.6 Å². The molecular formula is C7H10ClNO2S. The first kappa shape index (κ1) is 11.4. The summed E-state index contributed by atoms with van der Waals surface area (Å²) < 4.78 is 0. The van der Waals surface area contributed by atoms with Gasteiger partial charge in [-0.2, -0.15) is 0 Å². The van der Waals surface area contributed by atoms with Crippen LogP contribution in [0.25, 0.3) is 0 Å². The van der Waals surface area contributed by atoms with E-state index in [0.717, 1.165) is 11.4 Å². The van der Waals surface area contributed by atoms with Crippen LogP contribution in [0.4, 0.5) is 0 Å². The van der Waals surface area contributed by atoms with Gasteiger partial charge in [0.25, 0.3) is 0 Å². The van der Waals surface area contributed by atoms with Gasteiger partial charge in [0.1, 0.15) is 4.88 Å². The molecule has 1 N–H and O–H groups in total. The zero-order valence-corrected chi connectivity index (χ0v) is 8.46. The number of halogens is 1. The molecule has 68 valence electrons. The smallest absolute Gasteiger partial charge is 0.347 e. The number of nitrogens with zero attached hydrogens (tertiary/aromatic N) is 1. The summed E-state index contributed by atoms with van der Waals surface area (Å²) in [7, 11) is 0. The van der Waals surface area contributed by atoms with Gasteiger partial charge >= 0.3 is 5.97 Å². The van der Waals surface area contributed by atoms with Crippen LogP contribution in [0, 0.1) is 6.92 Å². The Morgan fingerprint density at radius 2 is 2.25 bits per heavy atom. The van der Waals surface area contributed by atoms with E-state index in [2.05, 4.69) is 4.98 Å². The molecule has 0 aliphatic rings. The van der Waals surface area contributed by atoms with Crippen molar-refractivity contribution in [2.24, 2.45) is 0 Å². The molecule has 0 aromatic carbocycles. The summed E-state index contributed by atoms with van der Waals surface area (Å²) in [4.78, 5) is 15.0. The Hall–Kier alpha value is -0.610. The zero-order chi connectivity index (χ0) is 8.43. The van der Waals surface area contributed by atoms with Crippen LogP contribution in [-0.2, 0) is 6.42 Å². The first-order valence-electron chi connectivity index (χ1n) is 3.34. The van der Waals surface area contributed by atoms with Gasteiger partial charge < -0.3 is 5.11 Å². The Labute approximate surface area is 80.9 Å². The number of hydrogen-bond acceptors (Lipinski definition) is 3. The largest absolute Gasteiger partial charge is 0.477 e. The molecule has 0 amide bonds. The molecule has 1 aromatic heterocycles. The highest BCUT2D eigenvalue weighted by Crippen LogP contribution is 2.17. The highest BCUT2D eigenvalue weighted by atomic mass is 35.5. The summed E-state index contributed by atoms with van der Waals surface area (Å²) >= 11 is 1.26. The van der Waals surface area contributed by atoms with Gasteiger partial charge in [-0.25, -0.2) is 9.78 Å². The minimum absolute atomic E-state index is 0. The summed E-state index contributed by atoms with van der Waals surface area (Å²) in [5.74, 6) is -0.875. The molecule has 0 aliphatic heterocycles. The van der Waals surface area contributed by atoms with Crippen molar-refractivity contribution in [3.05, 3.63) is 15.6 Å². The molecule has 0 radical (unpaired) electrons. The van der Waals surface area contributed by atoms with Crippen LogP contribution in [0.1, 0.15) is 27.3 Å². The predicted molar refractivity (Wildman–Crippen MR) is 50.4 cm³/mol. The molecule has 0 saturated heterocycles. The molecule has 0 unspecified atom stereocenters. The number of rotatable bonds is 2. The van der Waals surface area contributed by atoms with Crippen molar-refractivity contribution in [1.82, 2.24) is 4.98 Å². The van der Waals surface area contributed by atoms with Gasteiger partial charge in [-0.1, -0.05) is 6.92 Å². The number of thiazole rings is 1. The van der Waals surface area contributed by atoms with E-state index >= 15 is 0 Å². The Morgan fingerprint density at radius 3 is 2.50 bits per heavy atom. The third kappa shape index (κ3) is 2.19. The highest BCUT2D eigenvalue weighted by molar-refractivity contribution is 7.13. The van der Waals surface area contributed by atoms with Gasteiger partial charge in [0.15, 0.2) is 0 Å². The molecule has 0 atom stereocenters. The average molecular weight is 208 g/mol. The van der Waals surface area contributed by atoms with Crippen molar-refractivity contribution in [2.45, 2.75) is 20.3 Å². The van der Waals surface area contributed by atoms with Crippen molar-refractivity contribution in [1.29, 1.82) is 0 Å². The van der Waals surface area contributed by atoms with Crippen molar-refractivity contribution in [2.75, 3.05) is 0 Å². The Bertz CT molecular complexity index is 285. The quantitative estimate of drug-likeness (QED) is 0.809. The lowest BCUT2D eigenvalue weighted by Gasteiger charge is -1.84. The molecule has 0 aliphatic carbocycles. The van der Waals surface area contributed by atoms with Crippen LogP contribution in [0.2, 0.25) is 0 Å². The number of carboxylic acids is 1. The molecule has 1 heterocycles. The van der Waals surface area contributed by atoms with Crippen LogP contribution >= 0.6 is 23.7 Å². The summed E-state index contributed by atoms with van der Waals surface area (Å²) in [6, 6.07) is 0. The van der Waals surface area contributed by atoms with E-state index in [1.165, 1.54) is 11.3 Å². The molecule has 1 rings (SSSR count). The molecule has 1 aromatic rings. The standard InChI is InChI=1S/C7H9NO2S.ClH/c1-3-5-8-4(2)6(11-5)7(9)10;/h3H2,1-2H3,(H,9,10);1H. The summed E-state index contributed by atoms with van der Waals surface area (Å²) in [5.41, 5.74) is 0.624. The van der Waals surface area contributed by atoms with Gasteiger partial charge in [-0.15, -0.1) is 23.7 Å². The minimum atomic E-state index is -0.875. The minimum Gasteiger partial charge on any atom is -0.477 e. The topological polar surface area (TPSA) is 50.2 Å². The predicted octanol–water partition coefficient (Wildman–Crippen LogP) is 2.13. The highest BCUT2D eigenvalue weighted by Gasteiger charge is 2.12. The molecule has 0 fully saturated rings. The number of aromatic carboxylic acids is 1. The van der Waals surface area contributed by atoms with E-state index in [1.807, 2.05) is 6.92 Å².